The molecule has 4 heteroatoms. The molecule has 1 heterocycles. The molecule has 0 saturated heterocycles. The molecule has 1 aliphatic heterocycles. The van der Waals surface area contributed by atoms with Crippen molar-refractivity contribution in [2.75, 3.05) is 27.2 Å². The second-order valence-electron chi connectivity index (χ2n) is 4.36. The van der Waals surface area contributed by atoms with Crippen LogP contribution in [0.4, 0.5) is 0 Å². The van der Waals surface area contributed by atoms with Crippen LogP contribution in [0.15, 0.2) is 18.2 Å². The Morgan fingerprint density at radius 2 is 2.06 bits per heavy atom. The van der Waals surface area contributed by atoms with Crippen LogP contribution >= 0.6 is 22.9 Å². The minimum atomic E-state index is 0.750. The van der Waals surface area contributed by atoms with Crippen molar-refractivity contribution < 1.29 is 4.74 Å². The summed E-state index contributed by atoms with van der Waals surface area (Å²) < 4.78 is 8.00. The summed E-state index contributed by atoms with van der Waals surface area (Å²) in [5.41, 5.74) is 2.83. The van der Waals surface area contributed by atoms with Crippen molar-refractivity contribution in [2.45, 2.75) is 13.1 Å². The van der Waals surface area contributed by atoms with E-state index in [1.165, 1.54) is 11.1 Å². The van der Waals surface area contributed by atoms with Crippen molar-refractivity contribution >= 4 is 22.9 Å². The standard InChI is InChI=1S/C12H17IN2O/c1-14(2)5-6-16-12-4-3-10-8-15(13)9-11(10)7-12/h3-4,7H,5-6,8-9H2,1-2H3. The number of benzene rings is 1. The number of nitrogens with zero attached hydrogens (tertiary/aromatic N) is 2. The quantitative estimate of drug-likeness (QED) is 0.622. The second kappa shape index (κ2) is 5.33. The SMILES string of the molecule is CN(C)CCOc1ccc2c(c1)CN(I)C2. The smallest absolute Gasteiger partial charge is 0.119 e. The van der Waals surface area contributed by atoms with Gasteiger partial charge in [0.15, 0.2) is 0 Å². The fourth-order valence-electron chi connectivity index (χ4n) is 1.77. The van der Waals surface area contributed by atoms with Gasteiger partial charge in [-0.15, -0.1) is 0 Å². The molecule has 0 radical (unpaired) electrons. The topological polar surface area (TPSA) is 15.7 Å². The molecule has 0 amide bonds. The lowest BCUT2D eigenvalue weighted by molar-refractivity contribution is 0.261. The number of likely N-dealkylation sites (N-methyl/N-ethyl adjacent to an activating group) is 1. The Kier molecular flexibility index (Phi) is 4.05. The van der Waals surface area contributed by atoms with Gasteiger partial charge in [0.2, 0.25) is 0 Å². The molecule has 0 bridgehead atoms. The van der Waals surface area contributed by atoms with Gasteiger partial charge in [-0.25, -0.2) is 3.11 Å². The Balaban J connectivity index is 1.94. The van der Waals surface area contributed by atoms with Gasteiger partial charge in [0.25, 0.3) is 0 Å². The molecule has 1 aromatic rings. The maximum atomic E-state index is 5.71. The number of hydrogen-bond acceptors (Lipinski definition) is 3. The molecule has 0 atom stereocenters. The zero-order valence-electron chi connectivity index (χ0n) is 9.74. The molecule has 0 saturated carbocycles. The van der Waals surface area contributed by atoms with Crippen LogP contribution in [-0.4, -0.2) is 35.3 Å². The van der Waals surface area contributed by atoms with E-state index >= 15 is 0 Å². The van der Waals surface area contributed by atoms with Crippen molar-refractivity contribution in [1.29, 1.82) is 0 Å². The van der Waals surface area contributed by atoms with E-state index in [1.54, 1.807) is 0 Å². The van der Waals surface area contributed by atoms with E-state index in [4.69, 9.17) is 4.74 Å². The van der Waals surface area contributed by atoms with Crippen LogP contribution in [0.25, 0.3) is 0 Å². The fourth-order valence-corrected chi connectivity index (χ4v) is 2.50. The largest absolute Gasteiger partial charge is 0.492 e. The number of halogens is 1. The highest BCUT2D eigenvalue weighted by Crippen LogP contribution is 2.28. The van der Waals surface area contributed by atoms with E-state index < -0.39 is 0 Å². The lowest BCUT2D eigenvalue weighted by Crippen LogP contribution is -2.19. The Bertz CT molecular complexity index is 368. The molecule has 16 heavy (non-hydrogen) atoms. The molecule has 0 fully saturated rings. The van der Waals surface area contributed by atoms with E-state index in [1.807, 2.05) is 0 Å². The van der Waals surface area contributed by atoms with Crippen molar-refractivity contribution in [1.82, 2.24) is 8.01 Å². The molecule has 0 N–H and O–H groups in total. The normalized spacial score (nSPS) is 15.5. The van der Waals surface area contributed by atoms with E-state index in [0.29, 0.717) is 0 Å². The molecule has 3 nitrogen and oxygen atoms in total. The Morgan fingerprint density at radius 1 is 1.31 bits per heavy atom. The lowest BCUT2D eigenvalue weighted by atomic mass is 10.1. The van der Waals surface area contributed by atoms with Gasteiger partial charge in [-0.2, -0.15) is 0 Å². The van der Waals surface area contributed by atoms with Crippen LogP contribution in [0, 0.1) is 0 Å². The first-order chi connectivity index (χ1) is 7.65. The molecular weight excluding hydrogens is 315 g/mol. The molecule has 0 aromatic heterocycles. The first kappa shape index (κ1) is 12.1. The number of ether oxygens (including phenoxy) is 1. The highest BCUT2D eigenvalue weighted by molar-refractivity contribution is 14.1. The van der Waals surface area contributed by atoms with E-state index in [-0.39, 0.29) is 0 Å². The zero-order chi connectivity index (χ0) is 11.5. The monoisotopic (exact) mass is 332 g/mol. The van der Waals surface area contributed by atoms with Gasteiger partial charge in [-0.3, -0.25) is 0 Å². The van der Waals surface area contributed by atoms with Gasteiger partial charge in [0.1, 0.15) is 12.4 Å². The summed E-state index contributed by atoms with van der Waals surface area (Å²) >= 11 is 2.36. The molecule has 0 spiro atoms. The second-order valence-corrected chi connectivity index (χ2v) is 5.73. The summed E-state index contributed by atoms with van der Waals surface area (Å²) in [5, 5.41) is 0. The van der Waals surface area contributed by atoms with Crippen LogP contribution in [0.1, 0.15) is 11.1 Å². The Hall–Kier alpha value is -0.330. The van der Waals surface area contributed by atoms with E-state index in [0.717, 1.165) is 32.0 Å². The molecule has 2 rings (SSSR count). The molecule has 0 aliphatic carbocycles. The van der Waals surface area contributed by atoms with Gasteiger partial charge in [0.05, 0.1) is 0 Å². The van der Waals surface area contributed by atoms with Gasteiger partial charge in [-0.1, -0.05) is 6.07 Å². The highest BCUT2D eigenvalue weighted by Gasteiger charge is 2.16. The lowest BCUT2D eigenvalue weighted by Gasteiger charge is -2.11. The summed E-state index contributed by atoms with van der Waals surface area (Å²) in [4.78, 5) is 2.12. The summed E-state index contributed by atoms with van der Waals surface area (Å²) in [6.45, 7) is 3.78. The summed E-state index contributed by atoms with van der Waals surface area (Å²) in [7, 11) is 4.11. The first-order valence-electron chi connectivity index (χ1n) is 5.45. The van der Waals surface area contributed by atoms with Crippen molar-refractivity contribution in [3.63, 3.8) is 0 Å². The number of hydrogen-bond donors (Lipinski definition) is 0. The molecular formula is C12H17IN2O. The molecule has 1 aliphatic rings. The van der Waals surface area contributed by atoms with Crippen LogP contribution in [-0.2, 0) is 13.1 Å². The highest BCUT2D eigenvalue weighted by atomic mass is 127. The van der Waals surface area contributed by atoms with Crippen molar-refractivity contribution in [3.8, 4) is 5.75 Å². The third-order valence-electron chi connectivity index (χ3n) is 2.67. The minimum absolute atomic E-state index is 0.750. The zero-order valence-corrected chi connectivity index (χ0v) is 11.9. The molecule has 1 aromatic carbocycles. The maximum Gasteiger partial charge on any atom is 0.119 e. The fraction of sp³-hybridized carbons (Fsp3) is 0.500. The van der Waals surface area contributed by atoms with Crippen molar-refractivity contribution in [2.24, 2.45) is 0 Å². The van der Waals surface area contributed by atoms with Gasteiger partial charge in [0, 0.05) is 42.5 Å². The van der Waals surface area contributed by atoms with Gasteiger partial charge >= 0.3 is 0 Å². The average molecular weight is 332 g/mol. The first-order valence-corrected chi connectivity index (χ1v) is 6.41. The van der Waals surface area contributed by atoms with Crippen LogP contribution < -0.4 is 4.74 Å². The average Bonchev–Trinajstić information content (AvgIpc) is 2.56. The van der Waals surface area contributed by atoms with Gasteiger partial charge < -0.3 is 9.64 Å². The van der Waals surface area contributed by atoms with E-state index in [2.05, 4.69) is 63.2 Å². The Labute approximate surface area is 111 Å². The third-order valence-corrected chi connectivity index (χ3v) is 3.35. The number of fused-ring (bicyclic) bond motifs is 1. The summed E-state index contributed by atoms with van der Waals surface area (Å²) in [6, 6.07) is 6.42. The molecule has 88 valence electrons. The van der Waals surface area contributed by atoms with Crippen LogP contribution in [0.2, 0.25) is 0 Å². The van der Waals surface area contributed by atoms with E-state index in [9.17, 15) is 0 Å². The Morgan fingerprint density at radius 3 is 2.81 bits per heavy atom. The number of rotatable bonds is 4. The molecule has 0 unspecified atom stereocenters. The predicted octanol–water partition coefficient (Wildman–Crippen LogP) is 2.29. The minimum Gasteiger partial charge on any atom is -0.492 e. The van der Waals surface area contributed by atoms with Crippen molar-refractivity contribution in [3.05, 3.63) is 29.3 Å². The maximum absolute atomic E-state index is 5.71. The summed E-state index contributed by atoms with van der Waals surface area (Å²) in [5.74, 6) is 0.993. The summed E-state index contributed by atoms with van der Waals surface area (Å²) in [6.07, 6.45) is 0. The van der Waals surface area contributed by atoms with Crippen LogP contribution in [0.3, 0.4) is 0 Å². The predicted molar refractivity (Wildman–Crippen MR) is 73.8 cm³/mol. The third kappa shape index (κ3) is 3.09. The van der Waals surface area contributed by atoms with Crippen LogP contribution in [0.5, 0.6) is 5.75 Å². The van der Waals surface area contributed by atoms with Gasteiger partial charge in [-0.05, 0) is 37.4 Å².